The molecule has 2 aromatic carbocycles. The Kier molecular flexibility index (Phi) is 5.57. The number of hydrogen-bond acceptors (Lipinski definition) is 1. The van der Waals surface area contributed by atoms with Gasteiger partial charge in [-0.1, -0.05) is 50.2 Å². The molecule has 3 aromatic rings. The van der Waals surface area contributed by atoms with Gasteiger partial charge in [-0.15, -0.1) is 0 Å². The fraction of sp³-hybridized carbons (Fsp3) is 0.261. The number of rotatable bonds is 6. The Labute approximate surface area is 155 Å². The SMILES string of the molecule is CC(C)Cc1ccc([C@H](C)C(=O)Nc2ccccc2-n2cccc2)cc1. The fourth-order valence-electron chi connectivity index (χ4n) is 3.11. The van der Waals surface area contributed by atoms with Gasteiger partial charge in [0.05, 0.1) is 17.3 Å². The van der Waals surface area contributed by atoms with E-state index < -0.39 is 0 Å². The summed E-state index contributed by atoms with van der Waals surface area (Å²) in [7, 11) is 0. The summed E-state index contributed by atoms with van der Waals surface area (Å²) in [5.41, 5.74) is 4.13. The summed E-state index contributed by atoms with van der Waals surface area (Å²) in [6, 6.07) is 20.2. The molecule has 3 nitrogen and oxygen atoms in total. The Morgan fingerprint density at radius 2 is 1.58 bits per heavy atom. The molecule has 3 heteroatoms. The number of para-hydroxylation sites is 2. The van der Waals surface area contributed by atoms with Crippen molar-refractivity contribution in [2.75, 3.05) is 5.32 Å². The van der Waals surface area contributed by atoms with Crippen molar-refractivity contribution in [1.82, 2.24) is 4.57 Å². The van der Waals surface area contributed by atoms with Crippen LogP contribution in [-0.4, -0.2) is 10.5 Å². The van der Waals surface area contributed by atoms with Crippen LogP contribution in [0.4, 0.5) is 5.69 Å². The second kappa shape index (κ2) is 8.05. The first kappa shape index (κ1) is 18.0. The van der Waals surface area contributed by atoms with Crippen molar-refractivity contribution >= 4 is 11.6 Å². The molecule has 0 fully saturated rings. The topological polar surface area (TPSA) is 34.0 Å². The van der Waals surface area contributed by atoms with Crippen LogP contribution in [-0.2, 0) is 11.2 Å². The van der Waals surface area contributed by atoms with Gasteiger partial charge in [-0.25, -0.2) is 0 Å². The van der Waals surface area contributed by atoms with Crippen molar-refractivity contribution in [2.24, 2.45) is 5.92 Å². The van der Waals surface area contributed by atoms with Crippen molar-refractivity contribution in [3.63, 3.8) is 0 Å². The van der Waals surface area contributed by atoms with Gasteiger partial charge in [0.1, 0.15) is 0 Å². The van der Waals surface area contributed by atoms with E-state index in [9.17, 15) is 4.79 Å². The summed E-state index contributed by atoms with van der Waals surface area (Å²) in [5, 5.41) is 3.08. The molecule has 26 heavy (non-hydrogen) atoms. The molecule has 134 valence electrons. The minimum Gasteiger partial charge on any atom is -0.324 e. The molecule has 1 heterocycles. The first-order valence-electron chi connectivity index (χ1n) is 9.16. The molecule has 3 rings (SSSR count). The van der Waals surface area contributed by atoms with E-state index in [0.717, 1.165) is 23.4 Å². The molecular weight excluding hydrogens is 320 g/mol. The van der Waals surface area contributed by atoms with Crippen LogP contribution in [0.25, 0.3) is 5.69 Å². The fourth-order valence-corrected chi connectivity index (χ4v) is 3.11. The third kappa shape index (κ3) is 4.23. The van der Waals surface area contributed by atoms with Crippen molar-refractivity contribution in [3.8, 4) is 5.69 Å². The van der Waals surface area contributed by atoms with Crippen LogP contribution in [0.5, 0.6) is 0 Å². The van der Waals surface area contributed by atoms with Crippen molar-refractivity contribution in [2.45, 2.75) is 33.1 Å². The monoisotopic (exact) mass is 346 g/mol. The van der Waals surface area contributed by atoms with Crippen LogP contribution < -0.4 is 5.32 Å². The molecule has 0 saturated heterocycles. The van der Waals surface area contributed by atoms with Crippen molar-refractivity contribution < 1.29 is 4.79 Å². The van der Waals surface area contributed by atoms with Crippen LogP contribution in [0.2, 0.25) is 0 Å². The Morgan fingerprint density at radius 3 is 2.23 bits per heavy atom. The largest absolute Gasteiger partial charge is 0.324 e. The summed E-state index contributed by atoms with van der Waals surface area (Å²) in [5.74, 6) is 0.425. The third-order valence-corrected chi connectivity index (χ3v) is 4.56. The maximum Gasteiger partial charge on any atom is 0.231 e. The average Bonchev–Trinajstić information content (AvgIpc) is 3.16. The minimum absolute atomic E-state index is 0.00113. The van der Waals surface area contributed by atoms with E-state index in [-0.39, 0.29) is 11.8 Å². The van der Waals surface area contributed by atoms with Crippen LogP contribution in [0.1, 0.15) is 37.8 Å². The number of benzene rings is 2. The lowest BCUT2D eigenvalue weighted by molar-refractivity contribution is -0.117. The van der Waals surface area contributed by atoms with Gasteiger partial charge >= 0.3 is 0 Å². The molecule has 1 atom stereocenters. The Morgan fingerprint density at radius 1 is 0.923 bits per heavy atom. The van der Waals surface area contributed by atoms with Gasteiger partial charge < -0.3 is 9.88 Å². The van der Waals surface area contributed by atoms with Crippen LogP contribution in [0.3, 0.4) is 0 Å². The van der Waals surface area contributed by atoms with Gasteiger partial charge in [-0.3, -0.25) is 4.79 Å². The first-order valence-corrected chi connectivity index (χ1v) is 9.16. The van der Waals surface area contributed by atoms with E-state index >= 15 is 0 Å². The summed E-state index contributed by atoms with van der Waals surface area (Å²) in [6.07, 6.45) is 5.01. The molecule has 0 saturated carbocycles. The van der Waals surface area contributed by atoms with Gasteiger partial charge in [0.15, 0.2) is 0 Å². The number of anilines is 1. The highest BCUT2D eigenvalue weighted by molar-refractivity contribution is 5.97. The lowest BCUT2D eigenvalue weighted by atomic mass is 9.96. The van der Waals surface area contributed by atoms with Crippen LogP contribution in [0.15, 0.2) is 73.1 Å². The summed E-state index contributed by atoms with van der Waals surface area (Å²) < 4.78 is 2.00. The Bertz CT molecular complexity index is 848. The zero-order chi connectivity index (χ0) is 18.5. The highest BCUT2D eigenvalue weighted by Crippen LogP contribution is 2.23. The van der Waals surface area contributed by atoms with Gasteiger partial charge in [0.25, 0.3) is 0 Å². The highest BCUT2D eigenvalue weighted by Gasteiger charge is 2.17. The summed E-state index contributed by atoms with van der Waals surface area (Å²) >= 11 is 0. The molecular formula is C23H26N2O. The van der Waals surface area contributed by atoms with E-state index in [1.165, 1.54) is 5.56 Å². The standard InChI is InChI=1S/C23H26N2O/c1-17(2)16-19-10-12-20(13-11-19)18(3)23(26)24-21-8-4-5-9-22(21)25-14-6-7-15-25/h4-15,17-18H,16H2,1-3H3,(H,24,26)/t18-/m0/s1. The molecule has 0 unspecified atom stereocenters. The van der Waals surface area contributed by atoms with E-state index in [1.807, 2.05) is 60.3 Å². The van der Waals surface area contributed by atoms with E-state index in [1.54, 1.807) is 0 Å². The Hall–Kier alpha value is -2.81. The number of carbonyl (C=O) groups is 1. The van der Waals surface area contributed by atoms with Gasteiger partial charge in [0, 0.05) is 12.4 Å². The highest BCUT2D eigenvalue weighted by atomic mass is 16.1. The van der Waals surface area contributed by atoms with Crippen LogP contribution >= 0.6 is 0 Å². The van der Waals surface area contributed by atoms with Gasteiger partial charge in [0.2, 0.25) is 5.91 Å². The predicted octanol–water partition coefficient (Wildman–Crippen LogP) is 5.42. The summed E-state index contributed by atoms with van der Waals surface area (Å²) in [4.78, 5) is 12.8. The zero-order valence-corrected chi connectivity index (χ0v) is 15.6. The van der Waals surface area contributed by atoms with Crippen LogP contribution in [0, 0.1) is 5.92 Å². The predicted molar refractivity (Wildman–Crippen MR) is 108 cm³/mol. The number of nitrogens with zero attached hydrogens (tertiary/aromatic N) is 1. The molecule has 1 amide bonds. The van der Waals surface area contributed by atoms with E-state index in [2.05, 4.69) is 43.4 Å². The maximum atomic E-state index is 12.8. The molecule has 0 aliphatic carbocycles. The van der Waals surface area contributed by atoms with Gasteiger partial charge in [-0.2, -0.15) is 0 Å². The number of hydrogen-bond donors (Lipinski definition) is 1. The molecule has 1 N–H and O–H groups in total. The average molecular weight is 346 g/mol. The van der Waals surface area contributed by atoms with Crippen molar-refractivity contribution in [1.29, 1.82) is 0 Å². The molecule has 0 radical (unpaired) electrons. The first-order chi connectivity index (χ1) is 12.5. The molecule has 0 aliphatic rings. The number of amides is 1. The minimum atomic E-state index is -0.208. The number of aromatic nitrogens is 1. The zero-order valence-electron chi connectivity index (χ0n) is 15.6. The lowest BCUT2D eigenvalue weighted by Crippen LogP contribution is -2.19. The number of nitrogens with one attached hydrogen (secondary N) is 1. The molecule has 1 aromatic heterocycles. The second-order valence-corrected chi connectivity index (χ2v) is 7.16. The molecule has 0 aliphatic heterocycles. The van der Waals surface area contributed by atoms with Gasteiger partial charge in [-0.05, 0) is 54.7 Å². The normalized spacial score (nSPS) is 12.2. The van der Waals surface area contributed by atoms with E-state index in [4.69, 9.17) is 0 Å². The maximum absolute atomic E-state index is 12.8. The number of carbonyl (C=O) groups excluding carboxylic acids is 1. The smallest absolute Gasteiger partial charge is 0.231 e. The van der Waals surface area contributed by atoms with Crippen molar-refractivity contribution in [3.05, 3.63) is 84.2 Å². The molecule has 0 spiro atoms. The molecule has 0 bridgehead atoms. The lowest BCUT2D eigenvalue weighted by Gasteiger charge is -2.16. The second-order valence-electron chi connectivity index (χ2n) is 7.16. The summed E-state index contributed by atoms with van der Waals surface area (Å²) in [6.45, 7) is 6.38. The van der Waals surface area contributed by atoms with E-state index in [0.29, 0.717) is 5.92 Å². The third-order valence-electron chi connectivity index (χ3n) is 4.56. The quantitative estimate of drug-likeness (QED) is 0.635. The Balaban J connectivity index is 1.74.